The Balaban J connectivity index is 2.09. The number of alkyl halides is 3. The molecule has 0 bridgehead atoms. The first-order valence-electron chi connectivity index (χ1n) is 12.9. The fourth-order valence-corrected chi connectivity index (χ4v) is 4.12. The number of halogens is 3. The van der Waals surface area contributed by atoms with Gasteiger partial charge in [0.15, 0.2) is 0 Å². The molecule has 10 nitrogen and oxygen atoms in total. The number of urea groups is 1. The van der Waals surface area contributed by atoms with Crippen LogP contribution in [0.3, 0.4) is 0 Å². The summed E-state index contributed by atoms with van der Waals surface area (Å²) >= 11 is 0. The minimum absolute atomic E-state index is 0.00524. The van der Waals surface area contributed by atoms with Crippen LogP contribution in [0.2, 0.25) is 0 Å². The van der Waals surface area contributed by atoms with Crippen molar-refractivity contribution in [1.29, 1.82) is 0 Å². The topological polar surface area (TPSA) is 112 Å². The fourth-order valence-electron chi connectivity index (χ4n) is 4.12. The van der Waals surface area contributed by atoms with Crippen LogP contribution in [-0.2, 0) is 25.8 Å². The molecule has 41 heavy (non-hydrogen) atoms. The maximum atomic E-state index is 13.6. The molecule has 222 valence electrons. The van der Waals surface area contributed by atoms with Gasteiger partial charge in [-0.25, -0.2) is 14.5 Å². The molecule has 0 atom stereocenters. The molecule has 1 aromatic carbocycles. The monoisotopic (exact) mass is 577 g/mol. The first-order valence-corrected chi connectivity index (χ1v) is 12.9. The van der Waals surface area contributed by atoms with Gasteiger partial charge in [-0.2, -0.15) is 13.2 Å². The minimum atomic E-state index is -5.38. The number of pyridine rings is 1. The molecule has 1 N–H and O–H groups in total. The molecule has 1 fully saturated rings. The van der Waals surface area contributed by atoms with Crippen LogP contribution in [0.15, 0.2) is 42.7 Å². The maximum absolute atomic E-state index is 13.6. The summed E-state index contributed by atoms with van der Waals surface area (Å²) < 4.78 is 39.7. The van der Waals surface area contributed by atoms with Crippen molar-refractivity contribution in [1.82, 2.24) is 15.2 Å². The highest BCUT2D eigenvalue weighted by atomic mass is 19.4. The number of carbonyl (C=O) groups is 4. The predicted molar refractivity (Wildman–Crippen MR) is 145 cm³/mol. The molecule has 1 saturated heterocycles. The number of carbonyl (C=O) groups excluding carboxylic acids is 4. The molecule has 4 amide bonds. The molecular weight excluding hydrogens is 543 g/mol. The molecule has 1 aliphatic rings. The smallest absolute Gasteiger partial charge is 0.324 e. The Morgan fingerprint density at radius 1 is 1.07 bits per heavy atom. The number of imide groups is 1. The molecule has 0 spiro atoms. The molecule has 13 heteroatoms. The van der Waals surface area contributed by atoms with E-state index >= 15 is 0 Å². The summed E-state index contributed by atoms with van der Waals surface area (Å²) in [4.78, 5) is 63.0. The van der Waals surface area contributed by atoms with Crippen molar-refractivity contribution >= 4 is 35.2 Å². The highest BCUT2D eigenvalue weighted by molar-refractivity contribution is 6.23. The van der Waals surface area contributed by atoms with Gasteiger partial charge in [-0.1, -0.05) is 19.9 Å². The molecule has 0 aliphatic carbocycles. The van der Waals surface area contributed by atoms with Gasteiger partial charge in [0.05, 0.1) is 17.9 Å². The van der Waals surface area contributed by atoms with Gasteiger partial charge in [-0.05, 0) is 75.9 Å². The lowest BCUT2D eigenvalue weighted by Gasteiger charge is -2.28. The average Bonchev–Trinajstić information content (AvgIpc) is 3.04. The molecular formula is C28H34F3N5O5. The zero-order chi connectivity index (χ0) is 30.9. The molecule has 0 unspecified atom stereocenters. The van der Waals surface area contributed by atoms with Crippen LogP contribution >= 0.6 is 0 Å². The van der Waals surface area contributed by atoms with Crippen molar-refractivity contribution in [2.75, 3.05) is 16.5 Å². The number of nitrogens with one attached hydrogen (secondary N) is 1. The minimum Gasteiger partial charge on any atom is -0.324 e. The summed E-state index contributed by atoms with van der Waals surface area (Å²) in [5.41, 5.74) is -0.993. The Morgan fingerprint density at radius 2 is 1.68 bits per heavy atom. The van der Waals surface area contributed by atoms with Crippen LogP contribution in [0.5, 0.6) is 0 Å². The van der Waals surface area contributed by atoms with Gasteiger partial charge in [0, 0.05) is 24.5 Å². The van der Waals surface area contributed by atoms with E-state index in [9.17, 15) is 32.3 Å². The van der Waals surface area contributed by atoms with E-state index in [1.54, 1.807) is 73.0 Å². The Hall–Kier alpha value is -4.00. The van der Waals surface area contributed by atoms with Gasteiger partial charge < -0.3 is 15.1 Å². The van der Waals surface area contributed by atoms with Gasteiger partial charge in [-0.15, -0.1) is 5.06 Å². The Bertz CT molecular complexity index is 1320. The molecule has 2 heterocycles. The van der Waals surface area contributed by atoms with Crippen molar-refractivity contribution in [3.63, 3.8) is 0 Å². The second-order valence-corrected chi connectivity index (χ2v) is 11.5. The van der Waals surface area contributed by atoms with Crippen LogP contribution in [0.4, 0.5) is 29.3 Å². The van der Waals surface area contributed by atoms with E-state index in [2.05, 4.69) is 15.1 Å². The third kappa shape index (κ3) is 7.02. The summed E-state index contributed by atoms with van der Waals surface area (Å²) in [5.74, 6) is -4.52. The summed E-state index contributed by atoms with van der Waals surface area (Å²) in [7, 11) is 0. The standard InChI is InChI=1S/C28H34F3N5O5/c1-17(2)20-9-8-19(35-23(38)27(6,7)34(25(35)40)16-18-10-12-32-13-11-18)14-21(20)36(41-24(39)28(29,30)31)22(37)15-33-26(3,4)5/h8-14,17,33H,15-16H2,1-7H3. The molecule has 0 radical (unpaired) electrons. The lowest BCUT2D eigenvalue weighted by Crippen LogP contribution is -2.47. The number of aromatic nitrogens is 1. The van der Waals surface area contributed by atoms with E-state index in [1.165, 1.54) is 23.1 Å². The number of anilines is 2. The number of rotatable bonds is 7. The summed E-state index contributed by atoms with van der Waals surface area (Å²) in [6.45, 7) is 11.5. The molecule has 1 aliphatic heterocycles. The number of benzene rings is 1. The predicted octanol–water partition coefficient (Wildman–Crippen LogP) is 4.69. The summed E-state index contributed by atoms with van der Waals surface area (Å²) in [5, 5.41) is 3.14. The molecule has 0 saturated carbocycles. The number of amides is 4. The van der Waals surface area contributed by atoms with E-state index in [1.807, 2.05) is 0 Å². The molecule has 1 aromatic heterocycles. The van der Waals surface area contributed by atoms with Crippen LogP contribution in [0.1, 0.15) is 65.5 Å². The third-order valence-electron chi connectivity index (χ3n) is 6.43. The van der Waals surface area contributed by atoms with Crippen molar-refractivity contribution in [2.24, 2.45) is 0 Å². The first kappa shape index (κ1) is 31.5. The van der Waals surface area contributed by atoms with Crippen LogP contribution < -0.4 is 15.3 Å². The number of hydrogen-bond donors (Lipinski definition) is 1. The van der Waals surface area contributed by atoms with E-state index in [4.69, 9.17) is 0 Å². The lowest BCUT2D eigenvalue weighted by atomic mass is 9.99. The number of hydroxylamine groups is 1. The first-order chi connectivity index (χ1) is 18.8. The van der Waals surface area contributed by atoms with Crippen LogP contribution in [-0.4, -0.2) is 57.5 Å². The average molecular weight is 578 g/mol. The zero-order valence-electron chi connectivity index (χ0n) is 24.0. The Kier molecular flexibility index (Phi) is 8.82. The quantitative estimate of drug-likeness (QED) is 0.375. The largest absolute Gasteiger partial charge is 0.493 e. The second-order valence-electron chi connectivity index (χ2n) is 11.5. The highest BCUT2D eigenvalue weighted by Gasteiger charge is 2.52. The summed E-state index contributed by atoms with van der Waals surface area (Å²) in [6.07, 6.45) is -2.27. The van der Waals surface area contributed by atoms with Crippen LogP contribution in [0.25, 0.3) is 0 Å². The molecule has 2 aromatic rings. The van der Waals surface area contributed by atoms with Crippen LogP contribution in [0, 0.1) is 0 Å². The lowest BCUT2D eigenvalue weighted by molar-refractivity contribution is -0.201. The number of nitrogens with zero attached hydrogens (tertiary/aromatic N) is 4. The summed E-state index contributed by atoms with van der Waals surface area (Å²) in [6, 6.07) is 6.89. The third-order valence-corrected chi connectivity index (χ3v) is 6.43. The van der Waals surface area contributed by atoms with Gasteiger partial charge >= 0.3 is 18.2 Å². The number of hydrogen-bond acceptors (Lipinski definition) is 7. The Morgan fingerprint density at radius 3 is 2.22 bits per heavy atom. The SMILES string of the molecule is CC(C)c1ccc(N2C(=O)N(Cc3ccncc3)C(C)(C)C2=O)cc1N(OC(=O)C(F)(F)F)C(=O)CNC(C)(C)C. The van der Waals surface area contributed by atoms with Gasteiger partial charge in [0.1, 0.15) is 5.54 Å². The van der Waals surface area contributed by atoms with E-state index in [0.29, 0.717) is 5.56 Å². The Labute approximate surface area is 236 Å². The van der Waals surface area contributed by atoms with E-state index in [0.717, 1.165) is 10.5 Å². The van der Waals surface area contributed by atoms with E-state index in [-0.39, 0.29) is 28.9 Å². The second kappa shape index (κ2) is 11.5. The maximum Gasteiger partial charge on any atom is 0.493 e. The van der Waals surface area contributed by atoms with Gasteiger partial charge in [0.2, 0.25) is 0 Å². The van der Waals surface area contributed by atoms with Crippen molar-refractivity contribution < 1.29 is 37.2 Å². The highest BCUT2D eigenvalue weighted by Crippen LogP contribution is 2.38. The van der Waals surface area contributed by atoms with E-state index < -0.39 is 47.6 Å². The van der Waals surface area contributed by atoms with Crippen molar-refractivity contribution in [3.05, 3.63) is 53.9 Å². The van der Waals surface area contributed by atoms with Gasteiger partial charge in [0.25, 0.3) is 11.8 Å². The normalized spacial score (nSPS) is 15.5. The van der Waals surface area contributed by atoms with Gasteiger partial charge in [-0.3, -0.25) is 14.6 Å². The fraction of sp³-hybridized carbons (Fsp3) is 0.464. The zero-order valence-corrected chi connectivity index (χ0v) is 24.0. The van der Waals surface area contributed by atoms with Crippen molar-refractivity contribution in [3.8, 4) is 0 Å². The van der Waals surface area contributed by atoms with Crippen molar-refractivity contribution in [2.45, 2.75) is 78.2 Å². The molecule has 3 rings (SSSR count).